The molecule has 3 rings (SSSR count). The number of ether oxygens (including phenoxy) is 1. The molecule has 1 aromatic heterocycles. The number of H-pyrrole nitrogens is 1. The van der Waals surface area contributed by atoms with Gasteiger partial charge in [0.15, 0.2) is 5.78 Å². The van der Waals surface area contributed by atoms with Crippen molar-refractivity contribution in [2.45, 2.75) is 25.8 Å². The lowest BCUT2D eigenvalue weighted by Gasteiger charge is -2.06. The molecule has 1 heterocycles. The number of nitrogens with one attached hydrogen (secondary N) is 2. The van der Waals surface area contributed by atoms with Crippen LogP contribution >= 0.6 is 0 Å². The molecular formula is C15H18N2O2. The summed E-state index contributed by atoms with van der Waals surface area (Å²) < 4.78 is 5.33. The van der Waals surface area contributed by atoms with Gasteiger partial charge in [0.05, 0.1) is 19.2 Å². The van der Waals surface area contributed by atoms with Crippen LogP contribution in [0.3, 0.4) is 0 Å². The molecule has 0 spiro atoms. The number of ketones is 1. The third-order valence-electron chi connectivity index (χ3n) is 3.65. The molecule has 19 heavy (non-hydrogen) atoms. The molecule has 0 bridgehead atoms. The van der Waals surface area contributed by atoms with Gasteiger partial charge in [-0.15, -0.1) is 0 Å². The molecule has 0 radical (unpaired) electrons. The molecule has 4 heteroatoms. The second-order valence-corrected chi connectivity index (χ2v) is 5.12. The average Bonchev–Trinajstić information content (AvgIpc) is 3.13. The number of Topliss-reactive ketones (excluding diaryl/α,β-unsaturated/α-hetero) is 1. The van der Waals surface area contributed by atoms with Crippen LogP contribution in [0.25, 0.3) is 10.9 Å². The summed E-state index contributed by atoms with van der Waals surface area (Å²) in [5.41, 5.74) is 2.74. The predicted octanol–water partition coefficient (Wildman–Crippen LogP) is 2.42. The number of rotatable bonds is 5. The van der Waals surface area contributed by atoms with Crippen LogP contribution in [0, 0.1) is 6.92 Å². The van der Waals surface area contributed by atoms with E-state index < -0.39 is 0 Å². The zero-order valence-electron chi connectivity index (χ0n) is 11.2. The highest BCUT2D eigenvalue weighted by Gasteiger charge is 2.23. The first kappa shape index (κ1) is 12.2. The summed E-state index contributed by atoms with van der Waals surface area (Å²) in [6.07, 6.45) is 4.17. The number of carbonyl (C=O) groups excluding carboxylic acids is 1. The highest BCUT2D eigenvalue weighted by atomic mass is 16.5. The first-order chi connectivity index (χ1) is 9.20. The van der Waals surface area contributed by atoms with Crippen molar-refractivity contribution >= 4 is 16.7 Å². The molecule has 4 nitrogen and oxygen atoms in total. The van der Waals surface area contributed by atoms with Gasteiger partial charge in [0, 0.05) is 23.2 Å². The fraction of sp³-hybridized carbons (Fsp3) is 0.400. The summed E-state index contributed by atoms with van der Waals surface area (Å²) in [6, 6.07) is 4.45. The van der Waals surface area contributed by atoms with Crippen molar-refractivity contribution in [1.29, 1.82) is 0 Å². The highest BCUT2D eigenvalue weighted by Crippen LogP contribution is 2.30. The molecule has 100 valence electrons. The van der Waals surface area contributed by atoms with Crippen LogP contribution in [-0.2, 0) is 0 Å². The Labute approximate surface area is 112 Å². The smallest absolute Gasteiger partial charge is 0.178 e. The van der Waals surface area contributed by atoms with Gasteiger partial charge in [-0.1, -0.05) is 6.07 Å². The summed E-state index contributed by atoms with van der Waals surface area (Å²) in [4.78, 5) is 15.4. The van der Waals surface area contributed by atoms with E-state index in [-0.39, 0.29) is 5.78 Å². The zero-order chi connectivity index (χ0) is 13.4. The molecule has 0 atom stereocenters. The second kappa shape index (κ2) is 4.70. The molecule has 0 saturated heterocycles. The van der Waals surface area contributed by atoms with Crippen molar-refractivity contribution in [3.8, 4) is 5.75 Å². The van der Waals surface area contributed by atoms with Crippen LogP contribution < -0.4 is 10.1 Å². The van der Waals surface area contributed by atoms with Gasteiger partial charge in [0.2, 0.25) is 0 Å². The Hall–Kier alpha value is -1.81. The van der Waals surface area contributed by atoms with Crippen molar-refractivity contribution in [3.63, 3.8) is 0 Å². The van der Waals surface area contributed by atoms with Crippen molar-refractivity contribution in [1.82, 2.24) is 10.3 Å². The minimum absolute atomic E-state index is 0.134. The van der Waals surface area contributed by atoms with Crippen LogP contribution in [0.5, 0.6) is 5.75 Å². The van der Waals surface area contributed by atoms with Crippen LogP contribution in [0.4, 0.5) is 0 Å². The molecule has 0 unspecified atom stereocenters. The average molecular weight is 258 g/mol. The molecule has 2 aromatic rings. The minimum atomic E-state index is 0.134. The number of aryl methyl sites for hydroxylation is 1. The third-order valence-corrected chi connectivity index (χ3v) is 3.65. The van der Waals surface area contributed by atoms with Gasteiger partial charge >= 0.3 is 0 Å². The summed E-state index contributed by atoms with van der Waals surface area (Å²) in [7, 11) is 1.64. The number of benzene rings is 1. The number of aromatic amines is 1. The molecule has 1 saturated carbocycles. The summed E-state index contributed by atoms with van der Waals surface area (Å²) in [5.74, 6) is 0.907. The monoisotopic (exact) mass is 258 g/mol. The summed E-state index contributed by atoms with van der Waals surface area (Å²) in [5, 5.41) is 4.24. The van der Waals surface area contributed by atoms with E-state index in [9.17, 15) is 4.79 Å². The van der Waals surface area contributed by atoms with Gasteiger partial charge in [-0.25, -0.2) is 0 Å². The lowest BCUT2D eigenvalue weighted by Crippen LogP contribution is -2.24. The topological polar surface area (TPSA) is 54.1 Å². The Morgan fingerprint density at radius 1 is 1.47 bits per heavy atom. The van der Waals surface area contributed by atoms with E-state index in [4.69, 9.17) is 4.74 Å². The van der Waals surface area contributed by atoms with Gasteiger partial charge in [-0.05, 0) is 31.4 Å². The van der Waals surface area contributed by atoms with Crippen molar-refractivity contribution in [2.24, 2.45) is 0 Å². The van der Waals surface area contributed by atoms with Gasteiger partial charge in [0.1, 0.15) is 5.75 Å². The van der Waals surface area contributed by atoms with Gasteiger partial charge in [-0.2, -0.15) is 0 Å². The van der Waals surface area contributed by atoms with Crippen LogP contribution in [0.2, 0.25) is 0 Å². The maximum Gasteiger partial charge on any atom is 0.178 e. The quantitative estimate of drug-likeness (QED) is 0.810. The maximum atomic E-state index is 12.3. The number of hydrogen-bond acceptors (Lipinski definition) is 3. The molecule has 1 aromatic carbocycles. The molecule has 0 amide bonds. The van der Waals surface area contributed by atoms with E-state index in [1.165, 1.54) is 12.8 Å². The lowest BCUT2D eigenvalue weighted by atomic mass is 10.0. The lowest BCUT2D eigenvalue weighted by molar-refractivity contribution is 0.0992. The van der Waals surface area contributed by atoms with Gasteiger partial charge in [-0.3, -0.25) is 4.79 Å². The molecule has 1 fully saturated rings. The first-order valence-electron chi connectivity index (χ1n) is 6.62. The van der Waals surface area contributed by atoms with E-state index in [1.54, 1.807) is 13.3 Å². The Bertz CT molecular complexity index is 626. The number of fused-ring (bicyclic) bond motifs is 1. The summed E-state index contributed by atoms with van der Waals surface area (Å²) in [6.45, 7) is 2.43. The Morgan fingerprint density at radius 2 is 2.26 bits per heavy atom. The van der Waals surface area contributed by atoms with E-state index in [1.807, 2.05) is 19.1 Å². The fourth-order valence-corrected chi connectivity index (χ4v) is 2.40. The zero-order valence-corrected chi connectivity index (χ0v) is 11.2. The number of carbonyl (C=O) groups is 1. The Morgan fingerprint density at radius 3 is 2.95 bits per heavy atom. The van der Waals surface area contributed by atoms with E-state index in [2.05, 4.69) is 10.3 Å². The van der Waals surface area contributed by atoms with Gasteiger partial charge < -0.3 is 15.0 Å². The first-order valence-corrected chi connectivity index (χ1v) is 6.62. The van der Waals surface area contributed by atoms with Crippen molar-refractivity contribution in [3.05, 3.63) is 29.5 Å². The van der Waals surface area contributed by atoms with Crippen LogP contribution in [0.15, 0.2) is 18.3 Å². The van der Waals surface area contributed by atoms with Crippen LogP contribution in [0.1, 0.15) is 28.8 Å². The SMILES string of the molecule is COc1ccc(C)c2c(C(=O)CNC3CC3)c[nH]c12. The van der Waals surface area contributed by atoms with Gasteiger partial charge in [0.25, 0.3) is 0 Å². The minimum Gasteiger partial charge on any atom is -0.495 e. The standard InChI is InChI=1S/C15H18N2O2/c1-9-3-6-13(19-2)15-14(9)11(7-17-15)12(18)8-16-10-4-5-10/h3,6-7,10,16-17H,4-5,8H2,1-2H3. The van der Waals surface area contributed by atoms with E-state index in [0.717, 1.165) is 27.8 Å². The number of aromatic nitrogens is 1. The van der Waals surface area contributed by atoms with Crippen LogP contribution in [-0.4, -0.2) is 30.5 Å². The molecule has 1 aliphatic carbocycles. The summed E-state index contributed by atoms with van der Waals surface area (Å²) >= 11 is 0. The number of methoxy groups -OCH3 is 1. The van der Waals surface area contributed by atoms with Crippen molar-refractivity contribution < 1.29 is 9.53 Å². The Balaban J connectivity index is 1.96. The largest absolute Gasteiger partial charge is 0.495 e. The Kier molecular flexibility index (Phi) is 3.03. The highest BCUT2D eigenvalue weighted by molar-refractivity contribution is 6.11. The second-order valence-electron chi connectivity index (χ2n) is 5.12. The molecule has 2 N–H and O–H groups in total. The maximum absolute atomic E-state index is 12.3. The van der Waals surface area contributed by atoms with E-state index >= 15 is 0 Å². The predicted molar refractivity (Wildman–Crippen MR) is 74.9 cm³/mol. The van der Waals surface area contributed by atoms with E-state index in [0.29, 0.717) is 12.6 Å². The molecule has 1 aliphatic rings. The third kappa shape index (κ3) is 2.24. The molecule has 0 aliphatic heterocycles. The number of hydrogen-bond donors (Lipinski definition) is 2. The van der Waals surface area contributed by atoms with Crippen molar-refractivity contribution in [2.75, 3.05) is 13.7 Å². The normalized spacial score (nSPS) is 14.8. The molecular weight excluding hydrogens is 240 g/mol. The fourth-order valence-electron chi connectivity index (χ4n) is 2.40.